The Morgan fingerprint density at radius 3 is 2.48 bits per heavy atom. The molecule has 0 unspecified atom stereocenters. The van der Waals surface area contributed by atoms with Crippen LogP contribution in [0.1, 0.15) is 69.4 Å². The van der Waals surface area contributed by atoms with E-state index in [4.69, 9.17) is 4.74 Å². The zero-order valence-electron chi connectivity index (χ0n) is 17.1. The number of ether oxygens (including phenoxy) is 1. The number of fused-ring (bicyclic) bond motifs is 1. The second-order valence-corrected chi connectivity index (χ2v) is 10.1. The molecule has 4 heteroatoms. The van der Waals surface area contributed by atoms with Crippen LogP contribution in [0.4, 0.5) is 0 Å². The summed E-state index contributed by atoms with van der Waals surface area (Å²) in [6, 6.07) is 0.438. The van der Waals surface area contributed by atoms with Gasteiger partial charge >= 0.3 is 0 Å². The lowest BCUT2D eigenvalue weighted by molar-refractivity contribution is -0.0371. The Hall–Kier alpha value is -0.870. The molecule has 4 fully saturated rings. The fraction of sp³-hybridized carbons (Fsp3) is 0.870. The molecule has 0 N–H and O–H groups in total. The van der Waals surface area contributed by atoms with Crippen molar-refractivity contribution >= 4 is 0 Å². The number of hydrogen-bond acceptors (Lipinski definition) is 3. The average molecular weight is 372 g/mol. The van der Waals surface area contributed by atoms with Crippen LogP contribution in [-0.4, -0.2) is 47.0 Å². The van der Waals surface area contributed by atoms with Crippen LogP contribution < -0.4 is 0 Å². The van der Waals surface area contributed by atoms with Gasteiger partial charge in [-0.05, 0) is 74.7 Å². The minimum Gasteiger partial charge on any atom is -0.376 e. The molecule has 4 atom stereocenters. The molecule has 2 heterocycles. The normalized spacial score (nSPS) is 35.4. The van der Waals surface area contributed by atoms with E-state index in [1.54, 1.807) is 0 Å². The molecule has 4 aliphatic rings. The van der Waals surface area contributed by atoms with Gasteiger partial charge in [0.1, 0.15) is 0 Å². The van der Waals surface area contributed by atoms with Crippen molar-refractivity contribution in [2.75, 3.05) is 26.2 Å². The minimum atomic E-state index is 0.362. The molecule has 1 aromatic heterocycles. The summed E-state index contributed by atoms with van der Waals surface area (Å²) in [6.45, 7) is 7.11. The Kier molecular flexibility index (Phi) is 5.30. The quantitative estimate of drug-likeness (QED) is 0.740. The fourth-order valence-corrected chi connectivity index (χ4v) is 5.99. The summed E-state index contributed by atoms with van der Waals surface area (Å²) in [5.41, 5.74) is 1.27. The second-order valence-electron chi connectivity index (χ2n) is 10.1. The number of nitrogens with zero attached hydrogens (tertiary/aromatic N) is 3. The number of aryl methyl sites for hydroxylation is 1. The molecule has 27 heavy (non-hydrogen) atoms. The van der Waals surface area contributed by atoms with E-state index >= 15 is 0 Å². The van der Waals surface area contributed by atoms with Gasteiger partial charge in [-0.15, -0.1) is 0 Å². The van der Waals surface area contributed by atoms with Crippen molar-refractivity contribution in [1.82, 2.24) is 14.7 Å². The van der Waals surface area contributed by atoms with Gasteiger partial charge in [-0.3, -0.25) is 4.68 Å². The standard InChI is InChI=1S/C23H37N3O/c1-17-11-24-26(12-17)22-9-20-14-25(13-18-5-3-2-4-6-18)15-21(20)10-23(22)27-16-19-7-8-19/h11-12,18-23H,2-10,13-16H2,1H3/t20-,21+,22-,23-/m0/s1. The minimum absolute atomic E-state index is 0.362. The largest absolute Gasteiger partial charge is 0.376 e. The van der Waals surface area contributed by atoms with Crippen molar-refractivity contribution in [3.05, 3.63) is 18.0 Å². The molecule has 0 aromatic carbocycles. The van der Waals surface area contributed by atoms with Gasteiger partial charge in [0.05, 0.1) is 18.3 Å². The summed E-state index contributed by atoms with van der Waals surface area (Å²) in [5.74, 6) is 3.48. The van der Waals surface area contributed by atoms with Crippen molar-refractivity contribution in [1.29, 1.82) is 0 Å². The molecule has 0 radical (unpaired) electrons. The molecule has 3 aliphatic carbocycles. The zero-order valence-corrected chi connectivity index (χ0v) is 17.1. The smallest absolute Gasteiger partial charge is 0.0802 e. The predicted molar refractivity (Wildman–Crippen MR) is 108 cm³/mol. The molecular formula is C23H37N3O. The molecular weight excluding hydrogens is 334 g/mol. The van der Waals surface area contributed by atoms with Crippen LogP contribution in [-0.2, 0) is 4.74 Å². The highest BCUT2D eigenvalue weighted by atomic mass is 16.5. The van der Waals surface area contributed by atoms with Crippen LogP contribution in [0, 0.1) is 30.6 Å². The lowest BCUT2D eigenvalue weighted by Crippen LogP contribution is -2.38. The zero-order chi connectivity index (χ0) is 18.2. The SMILES string of the molecule is Cc1cnn([C@H]2C[C@H]3CN(CC4CCCCC4)C[C@H]3C[C@@H]2OCC2CC2)c1. The van der Waals surface area contributed by atoms with E-state index in [0.717, 1.165) is 30.3 Å². The molecule has 5 rings (SSSR count). The third-order valence-corrected chi connectivity index (χ3v) is 7.72. The van der Waals surface area contributed by atoms with Gasteiger partial charge in [-0.25, -0.2) is 0 Å². The highest BCUT2D eigenvalue weighted by Gasteiger charge is 2.44. The van der Waals surface area contributed by atoms with Crippen molar-refractivity contribution in [2.45, 2.75) is 76.9 Å². The molecule has 0 spiro atoms. The summed E-state index contributed by atoms with van der Waals surface area (Å²) in [6.07, 6.45) is 17.2. The monoisotopic (exact) mass is 371 g/mol. The van der Waals surface area contributed by atoms with Crippen LogP contribution in [0.2, 0.25) is 0 Å². The Labute approximate surface area is 164 Å². The molecule has 1 aromatic rings. The number of aromatic nitrogens is 2. The van der Waals surface area contributed by atoms with E-state index in [0.29, 0.717) is 12.1 Å². The first-order chi connectivity index (χ1) is 13.2. The second kappa shape index (κ2) is 7.87. The van der Waals surface area contributed by atoms with Crippen molar-refractivity contribution in [3.63, 3.8) is 0 Å². The first kappa shape index (κ1) is 18.2. The topological polar surface area (TPSA) is 30.3 Å². The highest BCUT2D eigenvalue weighted by molar-refractivity contribution is 5.03. The van der Waals surface area contributed by atoms with E-state index < -0.39 is 0 Å². The maximum atomic E-state index is 6.50. The first-order valence-corrected chi connectivity index (χ1v) is 11.6. The van der Waals surface area contributed by atoms with Gasteiger partial charge in [0, 0.05) is 32.4 Å². The first-order valence-electron chi connectivity index (χ1n) is 11.6. The van der Waals surface area contributed by atoms with E-state index in [1.165, 1.54) is 83.0 Å². The van der Waals surface area contributed by atoms with Crippen LogP contribution in [0.3, 0.4) is 0 Å². The maximum absolute atomic E-state index is 6.50. The number of hydrogen-bond donors (Lipinski definition) is 0. The van der Waals surface area contributed by atoms with Crippen LogP contribution >= 0.6 is 0 Å². The van der Waals surface area contributed by atoms with Crippen molar-refractivity contribution in [3.8, 4) is 0 Å². The van der Waals surface area contributed by atoms with Crippen LogP contribution in [0.25, 0.3) is 0 Å². The summed E-state index contributed by atoms with van der Waals surface area (Å²) in [5, 5.41) is 4.68. The Balaban J connectivity index is 1.24. The van der Waals surface area contributed by atoms with Crippen LogP contribution in [0.5, 0.6) is 0 Å². The summed E-state index contributed by atoms with van der Waals surface area (Å²) >= 11 is 0. The van der Waals surface area contributed by atoms with Crippen molar-refractivity contribution < 1.29 is 4.74 Å². The van der Waals surface area contributed by atoms with E-state index in [-0.39, 0.29) is 0 Å². The predicted octanol–water partition coefficient (Wildman–Crippen LogP) is 4.45. The Morgan fingerprint density at radius 2 is 1.78 bits per heavy atom. The van der Waals surface area contributed by atoms with E-state index in [9.17, 15) is 0 Å². The molecule has 3 saturated carbocycles. The molecule has 1 aliphatic heterocycles. The Morgan fingerprint density at radius 1 is 1.00 bits per heavy atom. The average Bonchev–Trinajstić information content (AvgIpc) is 3.28. The number of likely N-dealkylation sites (tertiary alicyclic amines) is 1. The highest BCUT2D eigenvalue weighted by Crippen LogP contribution is 2.43. The van der Waals surface area contributed by atoms with Gasteiger partial charge in [0.2, 0.25) is 0 Å². The van der Waals surface area contributed by atoms with Crippen molar-refractivity contribution in [2.24, 2.45) is 23.7 Å². The summed E-state index contributed by atoms with van der Waals surface area (Å²) in [4.78, 5) is 2.81. The third kappa shape index (κ3) is 4.27. The lowest BCUT2D eigenvalue weighted by atomic mass is 9.77. The van der Waals surface area contributed by atoms with E-state index in [1.807, 2.05) is 6.20 Å². The molecule has 0 bridgehead atoms. The molecule has 4 nitrogen and oxygen atoms in total. The number of rotatable bonds is 6. The maximum Gasteiger partial charge on any atom is 0.0802 e. The summed E-state index contributed by atoms with van der Waals surface area (Å²) in [7, 11) is 0. The van der Waals surface area contributed by atoms with Gasteiger partial charge in [-0.2, -0.15) is 5.10 Å². The fourth-order valence-electron chi connectivity index (χ4n) is 5.99. The summed E-state index contributed by atoms with van der Waals surface area (Å²) < 4.78 is 8.73. The Bertz CT molecular complexity index is 619. The van der Waals surface area contributed by atoms with Gasteiger partial charge < -0.3 is 9.64 Å². The van der Waals surface area contributed by atoms with Gasteiger partial charge in [0.15, 0.2) is 0 Å². The molecule has 150 valence electrons. The van der Waals surface area contributed by atoms with Gasteiger partial charge in [0.25, 0.3) is 0 Å². The van der Waals surface area contributed by atoms with Gasteiger partial charge in [-0.1, -0.05) is 19.3 Å². The third-order valence-electron chi connectivity index (χ3n) is 7.72. The van der Waals surface area contributed by atoms with Crippen LogP contribution in [0.15, 0.2) is 12.4 Å². The lowest BCUT2D eigenvalue weighted by Gasteiger charge is -2.38. The molecule has 1 saturated heterocycles. The van der Waals surface area contributed by atoms with E-state index in [2.05, 4.69) is 27.8 Å². The molecule has 0 amide bonds.